The number of nitrogens with one attached hydrogen (secondary N) is 1. The van der Waals surface area contributed by atoms with Crippen molar-refractivity contribution >= 4 is 41.1 Å². The van der Waals surface area contributed by atoms with Gasteiger partial charge >= 0.3 is 0 Å². The van der Waals surface area contributed by atoms with E-state index in [-0.39, 0.29) is 24.1 Å². The molecule has 1 aliphatic heterocycles. The zero-order valence-electron chi connectivity index (χ0n) is 19.7. The summed E-state index contributed by atoms with van der Waals surface area (Å²) in [6.45, 7) is 3.12. The fraction of sp³-hybridized carbons (Fsp3) is 0.259. The van der Waals surface area contributed by atoms with E-state index >= 15 is 0 Å². The minimum absolute atomic E-state index is 0. The fourth-order valence-corrected chi connectivity index (χ4v) is 4.46. The molecule has 1 aromatic heterocycles. The van der Waals surface area contributed by atoms with E-state index in [9.17, 15) is 9.18 Å². The van der Waals surface area contributed by atoms with E-state index in [2.05, 4.69) is 27.1 Å². The molecule has 0 radical (unpaired) electrons. The third-order valence-corrected chi connectivity index (χ3v) is 6.31. The molecule has 0 spiro atoms. The Bertz CT molecular complexity index is 1310. The van der Waals surface area contributed by atoms with Gasteiger partial charge in [-0.3, -0.25) is 4.79 Å². The number of carbonyl (C=O) groups excluding carboxylic acids is 1. The normalized spacial score (nSPS) is 15.7. The second-order valence-electron chi connectivity index (χ2n) is 9.01. The molecule has 6 nitrogen and oxygen atoms in total. The van der Waals surface area contributed by atoms with Crippen molar-refractivity contribution in [3.05, 3.63) is 78.1 Å². The number of likely N-dealkylation sites (tertiary alicyclic amines) is 1. The van der Waals surface area contributed by atoms with Gasteiger partial charge in [0.15, 0.2) is 5.58 Å². The molecule has 1 unspecified atom stereocenters. The summed E-state index contributed by atoms with van der Waals surface area (Å²) >= 11 is 0. The van der Waals surface area contributed by atoms with Gasteiger partial charge in [-0.25, -0.2) is 4.39 Å². The van der Waals surface area contributed by atoms with Gasteiger partial charge in [-0.1, -0.05) is 24.3 Å². The van der Waals surface area contributed by atoms with Crippen molar-refractivity contribution in [1.29, 1.82) is 0 Å². The molecule has 1 amide bonds. The van der Waals surface area contributed by atoms with Crippen LogP contribution in [0.1, 0.15) is 16.8 Å². The lowest BCUT2D eigenvalue weighted by Crippen LogP contribution is -2.27. The molecule has 5 rings (SSSR count). The molecule has 0 saturated carbocycles. The van der Waals surface area contributed by atoms with E-state index < -0.39 is 0 Å². The predicted molar refractivity (Wildman–Crippen MR) is 140 cm³/mol. The molecule has 1 saturated heterocycles. The third-order valence-electron chi connectivity index (χ3n) is 6.31. The van der Waals surface area contributed by atoms with Gasteiger partial charge in [-0.05, 0) is 79.5 Å². The Labute approximate surface area is 210 Å². The van der Waals surface area contributed by atoms with E-state index in [4.69, 9.17) is 4.42 Å². The summed E-state index contributed by atoms with van der Waals surface area (Å²) in [6.07, 6.45) is 1.18. The number of carbonyl (C=O) groups is 1. The quantitative estimate of drug-likeness (QED) is 0.373. The molecule has 4 aromatic rings. The maximum absolute atomic E-state index is 13.1. The van der Waals surface area contributed by atoms with Crippen molar-refractivity contribution in [3.63, 3.8) is 0 Å². The first-order valence-corrected chi connectivity index (χ1v) is 11.4. The van der Waals surface area contributed by atoms with Gasteiger partial charge in [0.25, 0.3) is 11.9 Å². The Balaban J connectivity index is 0.00000289. The van der Waals surface area contributed by atoms with E-state index in [1.807, 2.05) is 37.4 Å². The zero-order valence-corrected chi connectivity index (χ0v) is 20.5. The Hall–Kier alpha value is -3.42. The zero-order chi connectivity index (χ0) is 23.7. The number of hydrogen-bond acceptors (Lipinski definition) is 5. The van der Waals surface area contributed by atoms with Crippen LogP contribution in [0, 0.1) is 11.7 Å². The summed E-state index contributed by atoms with van der Waals surface area (Å²) in [5.74, 6) is 0.120. The van der Waals surface area contributed by atoms with Gasteiger partial charge in [0.1, 0.15) is 11.3 Å². The smallest absolute Gasteiger partial charge is 0.298 e. The number of anilines is 2. The number of benzene rings is 3. The van der Waals surface area contributed by atoms with Crippen LogP contribution in [0.2, 0.25) is 0 Å². The number of aromatic nitrogens is 1. The minimum atomic E-state index is -0.274. The van der Waals surface area contributed by atoms with E-state index in [1.54, 1.807) is 24.3 Å². The summed E-state index contributed by atoms with van der Waals surface area (Å²) < 4.78 is 19.1. The molecular weight excluding hydrogens is 467 g/mol. The fourth-order valence-electron chi connectivity index (χ4n) is 4.46. The second kappa shape index (κ2) is 10.5. The molecule has 3 aromatic carbocycles. The molecule has 1 atom stereocenters. The highest BCUT2D eigenvalue weighted by Crippen LogP contribution is 2.26. The van der Waals surface area contributed by atoms with Crippen LogP contribution in [0.3, 0.4) is 0 Å². The number of halogens is 2. The van der Waals surface area contributed by atoms with Gasteiger partial charge in [-0.2, -0.15) is 4.98 Å². The van der Waals surface area contributed by atoms with Crippen LogP contribution in [0.15, 0.2) is 71.1 Å². The van der Waals surface area contributed by atoms with Crippen LogP contribution in [0.4, 0.5) is 16.1 Å². The largest absolute Gasteiger partial charge is 0.423 e. The lowest BCUT2D eigenvalue weighted by Gasteiger charge is -2.18. The highest BCUT2D eigenvalue weighted by molar-refractivity contribution is 6.05. The van der Waals surface area contributed by atoms with Crippen molar-refractivity contribution in [2.75, 3.05) is 43.9 Å². The molecule has 0 aliphatic carbocycles. The average molecular weight is 495 g/mol. The maximum Gasteiger partial charge on any atom is 0.298 e. The molecule has 0 bridgehead atoms. The molecule has 2 heterocycles. The summed E-state index contributed by atoms with van der Waals surface area (Å²) in [6, 6.07) is 19.6. The summed E-state index contributed by atoms with van der Waals surface area (Å²) in [7, 11) is 4.15. The third kappa shape index (κ3) is 5.63. The van der Waals surface area contributed by atoms with Gasteiger partial charge in [0.05, 0.1) is 0 Å². The number of oxazole rings is 1. The lowest BCUT2D eigenvalue weighted by molar-refractivity contribution is 0.102. The number of amides is 1. The Morgan fingerprint density at radius 3 is 2.46 bits per heavy atom. The molecule has 1 N–H and O–H groups in total. The van der Waals surface area contributed by atoms with Crippen LogP contribution < -0.4 is 10.2 Å². The van der Waals surface area contributed by atoms with Crippen molar-refractivity contribution in [2.24, 2.45) is 5.92 Å². The summed E-state index contributed by atoms with van der Waals surface area (Å²) in [5, 5.41) is 2.93. The Morgan fingerprint density at radius 1 is 1.11 bits per heavy atom. The van der Waals surface area contributed by atoms with Crippen LogP contribution >= 0.6 is 12.4 Å². The first-order chi connectivity index (χ1) is 16.4. The first-order valence-electron chi connectivity index (χ1n) is 11.4. The molecule has 35 heavy (non-hydrogen) atoms. The summed E-state index contributed by atoms with van der Waals surface area (Å²) in [4.78, 5) is 21.8. The predicted octanol–water partition coefficient (Wildman–Crippen LogP) is 5.70. The van der Waals surface area contributed by atoms with Crippen molar-refractivity contribution in [2.45, 2.75) is 6.42 Å². The number of rotatable bonds is 6. The number of fused-ring (bicyclic) bond motifs is 1. The van der Waals surface area contributed by atoms with E-state index in [0.29, 0.717) is 34.3 Å². The van der Waals surface area contributed by atoms with Gasteiger partial charge in [0, 0.05) is 31.4 Å². The minimum Gasteiger partial charge on any atom is -0.423 e. The highest BCUT2D eigenvalue weighted by Gasteiger charge is 2.22. The molecular formula is C27H28ClFN4O2. The van der Waals surface area contributed by atoms with Crippen LogP contribution in [-0.2, 0) is 0 Å². The van der Waals surface area contributed by atoms with E-state index in [0.717, 1.165) is 30.8 Å². The standard InChI is InChI=1S/C27H27FN4O2.ClH/c1-31-14-13-18(16-31)17-32(2)27-30-24-15-23(11-12-25(24)34-27)29-26(33)21-5-3-19(4-6-21)20-7-9-22(28)10-8-20;/h3-12,15,18H,13-14,16-17H2,1-2H3,(H,29,33);1H. The van der Waals surface area contributed by atoms with E-state index in [1.165, 1.54) is 18.6 Å². The van der Waals surface area contributed by atoms with Crippen molar-refractivity contribution in [1.82, 2.24) is 9.88 Å². The summed E-state index contributed by atoms with van der Waals surface area (Å²) in [5.41, 5.74) is 4.39. The monoisotopic (exact) mass is 494 g/mol. The second-order valence-corrected chi connectivity index (χ2v) is 9.01. The molecule has 182 valence electrons. The number of nitrogens with zero attached hydrogens (tertiary/aromatic N) is 3. The molecule has 1 fully saturated rings. The van der Waals surface area contributed by atoms with Crippen LogP contribution in [0.25, 0.3) is 22.2 Å². The van der Waals surface area contributed by atoms with Gasteiger partial charge < -0.3 is 19.5 Å². The first kappa shape index (κ1) is 24.7. The van der Waals surface area contributed by atoms with Crippen molar-refractivity contribution in [3.8, 4) is 11.1 Å². The van der Waals surface area contributed by atoms with Crippen molar-refractivity contribution < 1.29 is 13.6 Å². The van der Waals surface area contributed by atoms with Crippen LogP contribution in [0.5, 0.6) is 0 Å². The average Bonchev–Trinajstić information content (AvgIpc) is 3.45. The van der Waals surface area contributed by atoms with Gasteiger partial charge in [-0.15, -0.1) is 12.4 Å². The van der Waals surface area contributed by atoms with Crippen LogP contribution in [-0.4, -0.2) is 49.5 Å². The Morgan fingerprint density at radius 2 is 1.80 bits per heavy atom. The molecule has 1 aliphatic rings. The Kier molecular flexibility index (Phi) is 7.38. The number of hydrogen-bond donors (Lipinski definition) is 1. The molecule has 8 heteroatoms. The SMILES string of the molecule is CN1CCC(CN(C)c2nc3cc(NC(=O)c4ccc(-c5ccc(F)cc5)cc4)ccc3o2)C1.Cl. The maximum atomic E-state index is 13.1. The highest BCUT2D eigenvalue weighted by atomic mass is 35.5. The lowest BCUT2D eigenvalue weighted by atomic mass is 10.0. The van der Waals surface area contributed by atoms with Gasteiger partial charge in [0.2, 0.25) is 0 Å². The topological polar surface area (TPSA) is 61.6 Å².